The summed E-state index contributed by atoms with van der Waals surface area (Å²) < 4.78 is 34.4. The summed E-state index contributed by atoms with van der Waals surface area (Å²) in [4.78, 5) is 0.196. The molecule has 0 spiro atoms. The fourth-order valence-corrected chi connectivity index (χ4v) is 2.92. The standard InChI is InChI=1S/C12H16O4S/c1-9-3-5-11(6-4-9)17(13,14)16-12-7-8-15-10(12)2/h3-6,10,12H,7-8H2,1-2H3. The Morgan fingerprint density at radius 1 is 1.29 bits per heavy atom. The monoisotopic (exact) mass is 256 g/mol. The number of ether oxygens (including phenoxy) is 1. The minimum Gasteiger partial charge on any atom is -0.376 e. The van der Waals surface area contributed by atoms with Crippen molar-refractivity contribution in [2.75, 3.05) is 6.61 Å². The highest BCUT2D eigenvalue weighted by Gasteiger charge is 2.30. The van der Waals surface area contributed by atoms with Gasteiger partial charge in [0, 0.05) is 13.0 Å². The molecule has 2 unspecified atom stereocenters. The topological polar surface area (TPSA) is 52.6 Å². The molecule has 0 radical (unpaired) electrons. The van der Waals surface area contributed by atoms with Gasteiger partial charge in [-0.3, -0.25) is 4.18 Å². The van der Waals surface area contributed by atoms with Crippen LogP contribution < -0.4 is 0 Å². The van der Waals surface area contributed by atoms with E-state index < -0.39 is 10.1 Å². The molecule has 1 aromatic rings. The number of aryl methyl sites for hydroxylation is 1. The van der Waals surface area contributed by atoms with Gasteiger partial charge in [0.25, 0.3) is 10.1 Å². The van der Waals surface area contributed by atoms with Crippen molar-refractivity contribution < 1.29 is 17.3 Å². The molecule has 1 saturated heterocycles. The first kappa shape index (κ1) is 12.5. The third kappa shape index (κ3) is 2.86. The number of rotatable bonds is 3. The number of hydrogen-bond acceptors (Lipinski definition) is 4. The molecule has 0 amide bonds. The lowest BCUT2D eigenvalue weighted by Gasteiger charge is -2.14. The molecule has 0 saturated carbocycles. The molecule has 2 atom stereocenters. The molecule has 0 aliphatic carbocycles. The van der Waals surface area contributed by atoms with E-state index in [1.54, 1.807) is 24.3 Å². The molecule has 94 valence electrons. The van der Waals surface area contributed by atoms with Gasteiger partial charge in [-0.2, -0.15) is 8.42 Å². The Balaban J connectivity index is 2.16. The fraction of sp³-hybridized carbons (Fsp3) is 0.500. The highest BCUT2D eigenvalue weighted by Crippen LogP contribution is 2.22. The van der Waals surface area contributed by atoms with Crippen molar-refractivity contribution >= 4 is 10.1 Å². The predicted molar refractivity (Wildman–Crippen MR) is 63.3 cm³/mol. The van der Waals surface area contributed by atoms with Gasteiger partial charge in [-0.1, -0.05) is 17.7 Å². The first-order chi connectivity index (χ1) is 7.99. The smallest absolute Gasteiger partial charge is 0.297 e. The van der Waals surface area contributed by atoms with E-state index in [1.165, 1.54) is 0 Å². The quantitative estimate of drug-likeness (QED) is 0.775. The highest BCUT2D eigenvalue weighted by atomic mass is 32.2. The average Bonchev–Trinajstić information content (AvgIpc) is 2.64. The number of hydrogen-bond donors (Lipinski definition) is 0. The fourth-order valence-electron chi connectivity index (χ4n) is 1.76. The lowest BCUT2D eigenvalue weighted by Crippen LogP contribution is -2.24. The number of benzene rings is 1. The molecule has 5 heteroatoms. The maximum absolute atomic E-state index is 12.0. The van der Waals surface area contributed by atoms with Gasteiger partial charge >= 0.3 is 0 Å². The van der Waals surface area contributed by atoms with Gasteiger partial charge in [0.15, 0.2) is 0 Å². The van der Waals surface area contributed by atoms with E-state index in [0.29, 0.717) is 13.0 Å². The van der Waals surface area contributed by atoms with Crippen LogP contribution in [-0.4, -0.2) is 27.2 Å². The molecule has 0 bridgehead atoms. The third-order valence-electron chi connectivity index (χ3n) is 2.87. The highest BCUT2D eigenvalue weighted by molar-refractivity contribution is 7.86. The molecule has 1 aromatic carbocycles. The summed E-state index contributed by atoms with van der Waals surface area (Å²) >= 11 is 0. The van der Waals surface area contributed by atoms with Crippen molar-refractivity contribution in [1.82, 2.24) is 0 Å². The van der Waals surface area contributed by atoms with E-state index in [4.69, 9.17) is 8.92 Å². The van der Waals surface area contributed by atoms with E-state index in [0.717, 1.165) is 5.56 Å². The Morgan fingerprint density at radius 2 is 1.94 bits per heavy atom. The normalized spacial score (nSPS) is 25.1. The van der Waals surface area contributed by atoms with E-state index in [9.17, 15) is 8.42 Å². The summed E-state index contributed by atoms with van der Waals surface area (Å²) in [6, 6.07) is 6.63. The molecule has 1 heterocycles. The Bertz CT molecular complexity index is 478. The van der Waals surface area contributed by atoms with Crippen LogP contribution in [0.15, 0.2) is 29.2 Å². The van der Waals surface area contributed by atoms with Crippen molar-refractivity contribution in [2.24, 2.45) is 0 Å². The summed E-state index contributed by atoms with van der Waals surface area (Å²) in [6.45, 7) is 4.28. The van der Waals surface area contributed by atoms with Gasteiger partial charge in [0.05, 0.1) is 11.0 Å². The van der Waals surface area contributed by atoms with E-state index >= 15 is 0 Å². The average molecular weight is 256 g/mol. The largest absolute Gasteiger partial charge is 0.376 e. The molecule has 1 fully saturated rings. The minimum absolute atomic E-state index is 0.171. The molecule has 0 aromatic heterocycles. The lowest BCUT2D eigenvalue weighted by atomic mass is 10.2. The van der Waals surface area contributed by atoms with Crippen molar-refractivity contribution in [1.29, 1.82) is 0 Å². The summed E-state index contributed by atoms with van der Waals surface area (Å²) in [5.74, 6) is 0. The maximum atomic E-state index is 12.0. The van der Waals surface area contributed by atoms with Crippen LogP contribution >= 0.6 is 0 Å². The van der Waals surface area contributed by atoms with Crippen LogP contribution in [0.25, 0.3) is 0 Å². The molecule has 1 aliphatic heterocycles. The van der Waals surface area contributed by atoms with Crippen molar-refractivity contribution in [3.8, 4) is 0 Å². The van der Waals surface area contributed by atoms with Gasteiger partial charge in [0.1, 0.15) is 6.10 Å². The lowest BCUT2D eigenvalue weighted by molar-refractivity contribution is 0.0701. The summed E-state index contributed by atoms with van der Waals surface area (Å²) in [6.07, 6.45) is 0.0724. The van der Waals surface area contributed by atoms with Gasteiger partial charge in [-0.15, -0.1) is 0 Å². The van der Waals surface area contributed by atoms with Crippen LogP contribution in [0, 0.1) is 6.92 Å². The van der Waals surface area contributed by atoms with Crippen LogP contribution in [0.4, 0.5) is 0 Å². The second-order valence-corrected chi connectivity index (χ2v) is 5.84. The van der Waals surface area contributed by atoms with Gasteiger partial charge in [-0.25, -0.2) is 0 Å². The Kier molecular flexibility index (Phi) is 3.51. The van der Waals surface area contributed by atoms with Gasteiger partial charge in [-0.05, 0) is 26.0 Å². The zero-order valence-electron chi connectivity index (χ0n) is 9.92. The molecule has 1 aliphatic rings. The summed E-state index contributed by atoms with van der Waals surface area (Å²) in [7, 11) is -3.67. The molecule has 4 nitrogen and oxygen atoms in total. The van der Waals surface area contributed by atoms with Crippen LogP contribution in [0.3, 0.4) is 0 Å². The third-order valence-corrected chi connectivity index (χ3v) is 4.22. The molecular weight excluding hydrogens is 240 g/mol. The summed E-state index contributed by atoms with van der Waals surface area (Å²) in [5, 5.41) is 0. The predicted octanol–water partition coefficient (Wildman–Crippen LogP) is 1.88. The Labute approximate surface area is 102 Å². The van der Waals surface area contributed by atoms with E-state index in [1.807, 2.05) is 13.8 Å². The Hall–Kier alpha value is -0.910. The Morgan fingerprint density at radius 3 is 2.47 bits per heavy atom. The van der Waals surface area contributed by atoms with Crippen molar-refractivity contribution in [2.45, 2.75) is 37.4 Å². The zero-order valence-corrected chi connectivity index (χ0v) is 10.7. The van der Waals surface area contributed by atoms with Crippen LogP contribution in [0.1, 0.15) is 18.9 Å². The van der Waals surface area contributed by atoms with E-state index in [2.05, 4.69) is 0 Å². The first-order valence-electron chi connectivity index (χ1n) is 5.60. The van der Waals surface area contributed by atoms with Gasteiger partial charge in [0.2, 0.25) is 0 Å². The first-order valence-corrected chi connectivity index (χ1v) is 7.01. The minimum atomic E-state index is -3.67. The van der Waals surface area contributed by atoms with Crippen molar-refractivity contribution in [3.63, 3.8) is 0 Å². The maximum Gasteiger partial charge on any atom is 0.297 e. The van der Waals surface area contributed by atoms with Crippen LogP contribution in [0.2, 0.25) is 0 Å². The van der Waals surface area contributed by atoms with Crippen molar-refractivity contribution in [3.05, 3.63) is 29.8 Å². The second-order valence-electron chi connectivity index (χ2n) is 4.27. The molecular formula is C12H16O4S. The van der Waals surface area contributed by atoms with E-state index in [-0.39, 0.29) is 17.1 Å². The van der Waals surface area contributed by atoms with Crippen LogP contribution in [0.5, 0.6) is 0 Å². The van der Waals surface area contributed by atoms with Crippen LogP contribution in [-0.2, 0) is 19.0 Å². The zero-order chi connectivity index (χ0) is 12.5. The SMILES string of the molecule is Cc1ccc(S(=O)(=O)OC2CCOC2C)cc1. The van der Waals surface area contributed by atoms with Gasteiger partial charge < -0.3 is 4.74 Å². The molecule has 0 N–H and O–H groups in total. The molecule has 17 heavy (non-hydrogen) atoms. The molecule has 2 rings (SSSR count). The summed E-state index contributed by atoms with van der Waals surface area (Å²) in [5.41, 5.74) is 1.02. The second kappa shape index (κ2) is 4.76.